The third-order valence-corrected chi connectivity index (χ3v) is 4.21. The van der Waals surface area contributed by atoms with Crippen LogP contribution in [0.4, 0.5) is 5.69 Å². The number of anilines is 1. The van der Waals surface area contributed by atoms with Gasteiger partial charge in [-0.3, -0.25) is 14.5 Å². The summed E-state index contributed by atoms with van der Waals surface area (Å²) in [6, 6.07) is 5.52. The molecule has 0 radical (unpaired) electrons. The van der Waals surface area contributed by atoms with Crippen molar-refractivity contribution in [2.45, 2.75) is 26.3 Å². The van der Waals surface area contributed by atoms with Gasteiger partial charge < -0.3 is 4.74 Å². The van der Waals surface area contributed by atoms with Crippen molar-refractivity contribution in [1.29, 1.82) is 0 Å². The quantitative estimate of drug-likeness (QED) is 0.769. The predicted molar refractivity (Wildman–Crippen MR) is 79.2 cm³/mol. The maximum Gasteiger partial charge on any atom is 0.251 e. The van der Waals surface area contributed by atoms with Gasteiger partial charge in [-0.2, -0.15) is 0 Å². The lowest BCUT2D eigenvalue weighted by Crippen LogP contribution is -2.47. The number of rotatable bonds is 2. The van der Waals surface area contributed by atoms with Crippen molar-refractivity contribution in [3.63, 3.8) is 0 Å². The van der Waals surface area contributed by atoms with Crippen LogP contribution in [0.15, 0.2) is 18.2 Å². The molecule has 2 heterocycles. The zero-order chi connectivity index (χ0) is 15.0. The van der Waals surface area contributed by atoms with Crippen LogP contribution in [-0.4, -0.2) is 49.1 Å². The van der Waals surface area contributed by atoms with E-state index in [1.54, 1.807) is 0 Å². The van der Waals surface area contributed by atoms with Gasteiger partial charge in [0.2, 0.25) is 5.91 Å². The highest BCUT2D eigenvalue weighted by Crippen LogP contribution is 2.29. The molecule has 2 amide bonds. The van der Waals surface area contributed by atoms with E-state index in [9.17, 15) is 9.59 Å². The summed E-state index contributed by atoms with van der Waals surface area (Å²) in [4.78, 5) is 28.5. The van der Waals surface area contributed by atoms with Crippen LogP contribution in [0.3, 0.4) is 0 Å². The molecule has 1 aromatic carbocycles. The highest BCUT2D eigenvalue weighted by molar-refractivity contribution is 6.22. The molecule has 112 valence electrons. The second kappa shape index (κ2) is 5.58. The van der Waals surface area contributed by atoms with Crippen LogP contribution in [0.5, 0.6) is 0 Å². The largest absolute Gasteiger partial charge is 0.379 e. The van der Waals surface area contributed by atoms with Crippen molar-refractivity contribution in [2.75, 3.05) is 31.2 Å². The minimum Gasteiger partial charge on any atom is -0.379 e. The van der Waals surface area contributed by atoms with E-state index in [-0.39, 0.29) is 24.3 Å². The van der Waals surface area contributed by atoms with Gasteiger partial charge in [0.1, 0.15) is 0 Å². The molecule has 0 aromatic heterocycles. The number of benzene rings is 1. The van der Waals surface area contributed by atoms with Crippen LogP contribution in [0.1, 0.15) is 17.5 Å². The highest BCUT2D eigenvalue weighted by atomic mass is 16.5. The molecule has 5 nitrogen and oxygen atoms in total. The van der Waals surface area contributed by atoms with Crippen molar-refractivity contribution in [3.8, 4) is 0 Å². The molecule has 2 fully saturated rings. The number of ether oxygens (including phenoxy) is 1. The molecule has 1 aromatic rings. The van der Waals surface area contributed by atoms with Crippen molar-refractivity contribution in [3.05, 3.63) is 29.3 Å². The lowest BCUT2D eigenvalue weighted by Gasteiger charge is -2.30. The number of nitrogens with zero attached hydrogens (tertiary/aromatic N) is 2. The Labute approximate surface area is 124 Å². The minimum atomic E-state index is -0.332. The van der Waals surface area contributed by atoms with E-state index in [1.165, 1.54) is 4.90 Å². The fourth-order valence-corrected chi connectivity index (χ4v) is 3.00. The summed E-state index contributed by atoms with van der Waals surface area (Å²) < 4.78 is 5.32. The normalized spacial score (nSPS) is 23.9. The van der Waals surface area contributed by atoms with E-state index in [2.05, 4.69) is 4.90 Å². The number of carbonyl (C=O) groups excluding carboxylic acids is 2. The minimum absolute atomic E-state index is 0.101. The van der Waals surface area contributed by atoms with Crippen molar-refractivity contribution in [2.24, 2.45) is 0 Å². The SMILES string of the molecule is Cc1ccc(C)c(N2C(=O)C[C@@H](N3CCOCC3)C2=O)c1. The maximum atomic E-state index is 12.7. The Bertz CT molecular complexity index is 579. The topological polar surface area (TPSA) is 49.9 Å². The summed E-state index contributed by atoms with van der Waals surface area (Å²) in [6.07, 6.45) is 0.270. The molecule has 2 saturated heterocycles. The zero-order valence-corrected chi connectivity index (χ0v) is 12.5. The fraction of sp³-hybridized carbons (Fsp3) is 0.500. The van der Waals surface area contributed by atoms with E-state index in [1.807, 2.05) is 32.0 Å². The van der Waals surface area contributed by atoms with Crippen LogP contribution < -0.4 is 4.90 Å². The van der Waals surface area contributed by atoms with Gasteiger partial charge in [-0.25, -0.2) is 4.90 Å². The van der Waals surface area contributed by atoms with Gasteiger partial charge in [-0.15, -0.1) is 0 Å². The molecule has 0 aliphatic carbocycles. The number of carbonyl (C=O) groups is 2. The van der Waals surface area contributed by atoms with Crippen LogP contribution in [-0.2, 0) is 14.3 Å². The van der Waals surface area contributed by atoms with Crippen molar-refractivity contribution < 1.29 is 14.3 Å². The Hall–Kier alpha value is -1.72. The monoisotopic (exact) mass is 288 g/mol. The first kappa shape index (κ1) is 14.2. The van der Waals surface area contributed by atoms with E-state index in [0.29, 0.717) is 26.3 Å². The van der Waals surface area contributed by atoms with Gasteiger partial charge >= 0.3 is 0 Å². The molecule has 3 rings (SSSR count). The summed E-state index contributed by atoms with van der Waals surface area (Å²) in [7, 11) is 0. The lowest BCUT2D eigenvalue weighted by molar-refractivity contribution is -0.123. The van der Waals surface area contributed by atoms with Gasteiger partial charge in [-0.05, 0) is 31.0 Å². The first-order chi connectivity index (χ1) is 10.1. The zero-order valence-electron chi connectivity index (χ0n) is 12.5. The van der Waals surface area contributed by atoms with Crippen LogP contribution in [0, 0.1) is 13.8 Å². The predicted octanol–water partition coefficient (Wildman–Crippen LogP) is 1.27. The molecular weight excluding hydrogens is 268 g/mol. The Morgan fingerprint density at radius 3 is 2.57 bits per heavy atom. The summed E-state index contributed by atoms with van der Waals surface area (Å²) in [5.41, 5.74) is 2.72. The van der Waals surface area contributed by atoms with E-state index in [4.69, 9.17) is 4.74 Å². The Balaban J connectivity index is 1.88. The molecular formula is C16H20N2O3. The first-order valence-electron chi connectivity index (χ1n) is 7.34. The van der Waals surface area contributed by atoms with Gasteiger partial charge in [0.25, 0.3) is 5.91 Å². The van der Waals surface area contributed by atoms with Gasteiger partial charge in [0, 0.05) is 13.1 Å². The number of amides is 2. The lowest BCUT2D eigenvalue weighted by atomic mass is 10.1. The molecule has 0 saturated carbocycles. The number of hydrogen-bond donors (Lipinski definition) is 0. The number of imide groups is 1. The molecule has 1 atom stereocenters. The molecule has 2 aliphatic heterocycles. The van der Waals surface area contributed by atoms with Crippen LogP contribution >= 0.6 is 0 Å². The summed E-state index contributed by atoms with van der Waals surface area (Å²) >= 11 is 0. The molecule has 0 N–H and O–H groups in total. The first-order valence-corrected chi connectivity index (χ1v) is 7.34. The number of hydrogen-bond acceptors (Lipinski definition) is 4. The standard InChI is InChI=1S/C16H20N2O3/c1-11-3-4-12(2)13(9-11)18-15(19)10-14(16(18)20)17-5-7-21-8-6-17/h3-4,9,14H,5-8,10H2,1-2H3/t14-/m1/s1. The van der Waals surface area contributed by atoms with E-state index in [0.717, 1.165) is 16.8 Å². The Kier molecular flexibility index (Phi) is 3.78. The smallest absolute Gasteiger partial charge is 0.251 e. The van der Waals surface area contributed by atoms with E-state index < -0.39 is 0 Å². The molecule has 2 aliphatic rings. The second-order valence-corrected chi connectivity index (χ2v) is 5.73. The Morgan fingerprint density at radius 1 is 1.14 bits per heavy atom. The van der Waals surface area contributed by atoms with Crippen LogP contribution in [0.2, 0.25) is 0 Å². The average Bonchev–Trinajstić information content (AvgIpc) is 2.78. The average molecular weight is 288 g/mol. The van der Waals surface area contributed by atoms with Crippen LogP contribution in [0.25, 0.3) is 0 Å². The number of aryl methyl sites for hydroxylation is 2. The third kappa shape index (κ3) is 2.59. The summed E-state index contributed by atoms with van der Waals surface area (Å²) in [6.45, 7) is 6.57. The molecule has 0 unspecified atom stereocenters. The summed E-state index contributed by atoms with van der Waals surface area (Å²) in [5, 5.41) is 0. The Morgan fingerprint density at radius 2 is 1.86 bits per heavy atom. The van der Waals surface area contributed by atoms with Gasteiger partial charge in [-0.1, -0.05) is 12.1 Å². The molecule has 21 heavy (non-hydrogen) atoms. The van der Waals surface area contributed by atoms with Crippen molar-refractivity contribution >= 4 is 17.5 Å². The molecule has 0 spiro atoms. The second-order valence-electron chi connectivity index (χ2n) is 5.73. The van der Waals surface area contributed by atoms with Gasteiger partial charge in [0.05, 0.1) is 31.4 Å². The maximum absolute atomic E-state index is 12.7. The van der Waals surface area contributed by atoms with Crippen molar-refractivity contribution in [1.82, 2.24) is 4.90 Å². The van der Waals surface area contributed by atoms with E-state index >= 15 is 0 Å². The molecule has 5 heteroatoms. The third-order valence-electron chi connectivity index (χ3n) is 4.21. The van der Waals surface area contributed by atoms with Gasteiger partial charge in [0.15, 0.2) is 0 Å². The number of morpholine rings is 1. The summed E-state index contributed by atoms with van der Waals surface area (Å²) in [5.74, 6) is -0.208. The molecule has 0 bridgehead atoms. The fourth-order valence-electron chi connectivity index (χ4n) is 3.00. The highest BCUT2D eigenvalue weighted by Gasteiger charge is 2.43.